The molecule has 2 aromatic rings. The molecule has 0 saturated carbocycles. The van der Waals surface area contributed by atoms with E-state index in [1.54, 1.807) is 24.8 Å². The number of carbonyl (C=O) groups excluding carboxylic acids is 1. The molecule has 0 bridgehead atoms. The molecule has 0 aromatic carbocycles. The van der Waals surface area contributed by atoms with Crippen LogP contribution in [0.4, 0.5) is 4.79 Å². The normalized spacial score (nSPS) is 19.0. The van der Waals surface area contributed by atoms with Crippen LogP contribution in [0, 0.1) is 0 Å². The van der Waals surface area contributed by atoms with E-state index in [4.69, 9.17) is 0 Å². The summed E-state index contributed by atoms with van der Waals surface area (Å²) in [7, 11) is 0. The molecule has 2 aromatic heterocycles. The predicted molar refractivity (Wildman–Crippen MR) is 84.1 cm³/mol. The molecule has 1 fully saturated rings. The van der Waals surface area contributed by atoms with Crippen molar-refractivity contribution in [2.24, 2.45) is 0 Å². The van der Waals surface area contributed by atoms with E-state index < -0.39 is 0 Å². The lowest BCUT2D eigenvalue weighted by atomic mass is 10.1. The number of hydrogen-bond acceptors (Lipinski definition) is 3. The van der Waals surface area contributed by atoms with Gasteiger partial charge in [-0.1, -0.05) is 0 Å². The smallest absolute Gasteiger partial charge is 0.318 e. The Morgan fingerprint density at radius 1 is 1.18 bits per heavy atom. The molecule has 22 heavy (non-hydrogen) atoms. The number of carbonyl (C=O) groups is 1. The van der Waals surface area contributed by atoms with E-state index in [1.807, 2.05) is 36.1 Å². The van der Waals surface area contributed by atoms with Crippen molar-refractivity contribution in [2.45, 2.75) is 31.8 Å². The van der Waals surface area contributed by atoms with E-state index in [1.165, 1.54) is 0 Å². The van der Waals surface area contributed by atoms with Gasteiger partial charge in [0, 0.05) is 31.3 Å². The molecule has 1 saturated heterocycles. The maximum absolute atomic E-state index is 12.6. The third kappa shape index (κ3) is 3.08. The first-order valence-corrected chi connectivity index (χ1v) is 7.62. The van der Waals surface area contributed by atoms with Crippen LogP contribution in [0.2, 0.25) is 0 Å². The molecule has 1 N–H and O–H groups in total. The molecule has 2 atom stereocenters. The maximum atomic E-state index is 12.6. The van der Waals surface area contributed by atoms with Crippen molar-refractivity contribution in [3.8, 4) is 0 Å². The Hall–Kier alpha value is -2.43. The summed E-state index contributed by atoms with van der Waals surface area (Å²) in [6.45, 7) is 2.78. The molecule has 3 rings (SSSR count). The van der Waals surface area contributed by atoms with E-state index in [0.717, 1.165) is 30.5 Å². The molecule has 5 heteroatoms. The first kappa shape index (κ1) is 14.5. The predicted octanol–water partition coefficient (Wildman–Crippen LogP) is 3.08. The van der Waals surface area contributed by atoms with E-state index in [9.17, 15) is 4.79 Å². The van der Waals surface area contributed by atoms with Crippen molar-refractivity contribution in [3.63, 3.8) is 0 Å². The topological polar surface area (TPSA) is 58.1 Å². The zero-order valence-electron chi connectivity index (χ0n) is 12.6. The molecule has 2 amide bonds. The van der Waals surface area contributed by atoms with Gasteiger partial charge in [-0.3, -0.25) is 9.97 Å². The van der Waals surface area contributed by atoms with Crippen molar-refractivity contribution in [1.82, 2.24) is 20.2 Å². The fourth-order valence-electron chi connectivity index (χ4n) is 2.95. The maximum Gasteiger partial charge on any atom is 0.318 e. The van der Waals surface area contributed by atoms with Crippen LogP contribution >= 0.6 is 0 Å². The molecule has 0 spiro atoms. The Labute approximate surface area is 130 Å². The third-order valence-corrected chi connectivity index (χ3v) is 4.15. The number of rotatable bonds is 3. The lowest BCUT2D eigenvalue weighted by Crippen LogP contribution is -2.40. The highest BCUT2D eigenvalue weighted by atomic mass is 16.2. The van der Waals surface area contributed by atoms with Crippen molar-refractivity contribution >= 4 is 6.03 Å². The first-order chi connectivity index (χ1) is 10.8. The second kappa shape index (κ2) is 6.56. The molecule has 3 heterocycles. The third-order valence-electron chi connectivity index (χ3n) is 4.15. The standard InChI is InChI=1S/C17H20N4O/c1-13(14-4-8-18-9-5-14)20-17(22)21-12-2-3-16(21)15-6-10-19-11-7-15/h4-11,13,16H,2-3,12H2,1H3,(H,20,22). The second-order valence-electron chi connectivity index (χ2n) is 5.58. The highest BCUT2D eigenvalue weighted by molar-refractivity contribution is 5.75. The van der Waals surface area contributed by atoms with Gasteiger partial charge in [-0.25, -0.2) is 4.79 Å². The molecule has 1 aliphatic rings. The van der Waals surface area contributed by atoms with Crippen LogP contribution in [-0.2, 0) is 0 Å². The van der Waals surface area contributed by atoms with Gasteiger partial charge < -0.3 is 10.2 Å². The Bertz CT molecular complexity index is 617. The van der Waals surface area contributed by atoms with Gasteiger partial charge in [-0.05, 0) is 55.2 Å². The summed E-state index contributed by atoms with van der Waals surface area (Å²) < 4.78 is 0. The SMILES string of the molecule is CC(NC(=O)N1CCCC1c1ccncc1)c1ccncc1. The molecule has 0 aliphatic carbocycles. The Kier molecular flexibility index (Phi) is 4.32. The molecule has 5 nitrogen and oxygen atoms in total. The minimum atomic E-state index is -0.0332. The quantitative estimate of drug-likeness (QED) is 0.947. The van der Waals surface area contributed by atoms with Gasteiger partial charge in [0.1, 0.15) is 0 Å². The van der Waals surface area contributed by atoms with Gasteiger partial charge in [0.05, 0.1) is 12.1 Å². The van der Waals surface area contributed by atoms with Crippen molar-refractivity contribution < 1.29 is 4.79 Å². The highest BCUT2D eigenvalue weighted by Crippen LogP contribution is 2.31. The van der Waals surface area contributed by atoms with Gasteiger partial charge in [-0.15, -0.1) is 0 Å². The van der Waals surface area contributed by atoms with Crippen LogP contribution < -0.4 is 5.32 Å². The lowest BCUT2D eigenvalue weighted by molar-refractivity contribution is 0.189. The average molecular weight is 296 g/mol. The minimum Gasteiger partial charge on any atom is -0.331 e. The number of likely N-dealkylation sites (tertiary alicyclic amines) is 1. The van der Waals surface area contributed by atoms with Crippen molar-refractivity contribution in [3.05, 3.63) is 60.2 Å². The summed E-state index contributed by atoms with van der Waals surface area (Å²) in [5.41, 5.74) is 2.21. The van der Waals surface area contributed by atoms with Gasteiger partial charge in [-0.2, -0.15) is 0 Å². The Balaban J connectivity index is 1.69. The van der Waals surface area contributed by atoms with E-state index in [0.29, 0.717) is 0 Å². The minimum absolute atomic E-state index is 0.0105. The number of hydrogen-bond donors (Lipinski definition) is 1. The zero-order chi connectivity index (χ0) is 15.4. The van der Waals surface area contributed by atoms with Crippen LogP contribution in [0.25, 0.3) is 0 Å². The Morgan fingerprint density at radius 2 is 1.82 bits per heavy atom. The fourth-order valence-corrected chi connectivity index (χ4v) is 2.95. The van der Waals surface area contributed by atoms with Crippen LogP contribution in [0.3, 0.4) is 0 Å². The van der Waals surface area contributed by atoms with Gasteiger partial charge >= 0.3 is 6.03 Å². The van der Waals surface area contributed by atoms with Crippen LogP contribution in [0.5, 0.6) is 0 Å². The van der Waals surface area contributed by atoms with Gasteiger partial charge in [0.15, 0.2) is 0 Å². The van der Waals surface area contributed by atoms with Crippen LogP contribution in [-0.4, -0.2) is 27.4 Å². The number of pyridine rings is 2. The number of urea groups is 1. The first-order valence-electron chi connectivity index (χ1n) is 7.62. The summed E-state index contributed by atoms with van der Waals surface area (Å²) in [6.07, 6.45) is 9.08. The van der Waals surface area contributed by atoms with Crippen molar-refractivity contribution in [2.75, 3.05) is 6.54 Å². The van der Waals surface area contributed by atoms with Gasteiger partial charge in [0.2, 0.25) is 0 Å². The van der Waals surface area contributed by atoms with Gasteiger partial charge in [0.25, 0.3) is 0 Å². The van der Waals surface area contributed by atoms with Crippen LogP contribution in [0.1, 0.15) is 43.0 Å². The number of aromatic nitrogens is 2. The number of amides is 2. The van der Waals surface area contributed by atoms with Crippen molar-refractivity contribution in [1.29, 1.82) is 0 Å². The summed E-state index contributed by atoms with van der Waals surface area (Å²) in [5.74, 6) is 0. The molecule has 2 unspecified atom stereocenters. The molecular weight excluding hydrogens is 276 g/mol. The van der Waals surface area contributed by atoms with E-state index in [-0.39, 0.29) is 18.1 Å². The molecular formula is C17H20N4O. The summed E-state index contributed by atoms with van der Waals surface area (Å²) in [6, 6.07) is 7.93. The number of nitrogens with one attached hydrogen (secondary N) is 1. The second-order valence-corrected chi connectivity index (χ2v) is 5.58. The highest BCUT2D eigenvalue weighted by Gasteiger charge is 2.30. The van der Waals surface area contributed by atoms with E-state index in [2.05, 4.69) is 15.3 Å². The fraction of sp³-hybridized carbons (Fsp3) is 0.353. The van der Waals surface area contributed by atoms with Crippen LogP contribution in [0.15, 0.2) is 49.1 Å². The summed E-state index contributed by atoms with van der Waals surface area (Å²) in [4.78, 5) is 22.6. The molecule has 0 radical (unpaired) electrons. The molecule has 114 valence electrons. The average Bonchev–Trinajstić information content (AvgIpc) is 3.06. The summed E-state index contributed by atoms with van der Waals surface area (Å²) in [5, 5.41) is 3.08. The van der Waals surface area contributed by atoms with E-state index >= 15 is 0 Å². The Morgan fingerprint density at radius 3 is 2.50 bits per heavy atom. The zero-order valence-corrected chi connectivity index (χ0v) is 12.6. The lowest BCUT2D eigenvalue weighted by Gasteiger charge is -2.27. The largest absolute Gasteiger partial charge is 0.331 e. The number of nitrogens with zero attached hydrogens (tertiary/aromatic N) is 3. The molecule has 1 aliphatic heterocycles. The monoisotopic (exact) mass is 296 g/mol. The summed E-state index contributed by atoms with van der Waals surface area (Å²) >= 11 is 0.